The van der Waals surface area contributed by atoms with E-state index < -0.39 is 18.3 Å². The molecule has 1 N–H and O–H groups in total. The van der Waals surface area contributed by atoms with E-state index in [9.17, 15) is 23.1 Å². The smallest absolute Gasteiger partial charge is 0.380 e. The number of likely N-dealkylation sites (tertiary alicyclic amines) is 1. The summed E-state index contributed by atoms with van der Waals surface area (Å²) < 4.78 is 43.5. The molecule has 0 radical (unpaired) electrons. The molecule has 2 fully saturated rings. The van der Waals surface area contributed by atoms with Crippen LogP contribution in [-0.2, 0) is 9.53 Å². The monoisotopic (exact) mass is 324 g/mol. The number of hydrogen-bond donors (Lipinski definition) is 1. The van der Waals surface area contributed by atoms with Crippen molar-refractivity contribution >= 4 is 5.91 Å². The highest BCUT2D eigenvalue weighted by molar-refractivity contribution is 5.79. The minimum absolute atomic E-state index is 0.0142. The van der Waals surface area contributed by atoms with Crippen molar-refractivity contribution in [1.82, 2.24) is 9.80 Å². The number of rotatable bonds is 3. The molecular weight excluding hydrogens is 301 g/mol. The van der Waals surface area contributed by atoms with Gasteiger partial charge in [0.15, 0.2) is 5.60 Å². The van der Waals surface area contributed by atoms with Gasteiger partial charge < -0.3 is 14.7 Å². The van der Waals surface area contributed by atoms with Crippen LogP contribution in [0, 0.1) is 5.92 Å². The number of amides is 1. The van der Waals surface area contributed by atoms with Crippen LogP contribution in [0.3, 0.4) is 0 Å². The van der Waals surface area contributed by atoms with Crippen molar-refractivity contribution in [3.8, 4) is 0 Å². The molecule has 2 atom stereocenters. The number of carbonyl (C=O) groups is 1. The van der Waals surface area contributed by atoms with Crippen LogP contribution in [0.15, 0.2) is 0 Å². The number of ether oxygens (including phenoxy) is 1. The van der Waals surface area contributed by atoms with Crippen molar-refractivity contribution in [2.75, 3.05) is 45.9 Å². The number of halogens is 3. The Balaban J connectivity index is 1.92. The highest BCUT2D eigenvalue weighted by Gasteiger charge is 2.51. The van der Waals surface area contributed by atoms with E-state index in [1.54, 1.807) is 9.80 Å². The fraction of sp³-hybridized carbons (Fsp3) is 0.929. The Bertz CT molecular complexity index is 395. The second-order valence-corrected chi connectivity index (χ2v) is 6.28. The molecule has 0 aliphatic carbocycles. The van der Waals surface area contributed by atoms with Gasteiger partial charge in [-0.05, 0) is 26.3 Å². The number of aliphatic hydroxyl groups is 1. The zero-order valence-corrected chi connectivity index (χ0v) is 12.7. The highest BCUT2D eigenvalue weighted by Crippen LogP contribution is 2.32. The number of nitrogens with zero attached hydrogens (tertiary/aromatic N) is 2. The molecule has 2 aliphatic rings. The molecule has 2 saturated heterocycles. The maximum atomic E-state index is 12.8. The van der Waals surface area contributed by atoms with Crippen molar-refractivity contribution in [2.24, 2.45) is 5.92 Å². The third kappa shape index (κ3) is 4.11. The van der Waals surface area contributed by atoms with Gasteiger partial charge in [-0.2, -0.15) is 13.2 Å². The molecule has 0 aromatic rings. The van der Waals surface area contributed by atoms with Gasteiger partial charge in [0.05, 0.1) is 19.1 Å². The number of carbonyl (C=O) groups excluding carboxylic acids is 1. The highest BCUT2D eigenvalue weighted by atomic mass is 19.4. The molecule has 5 nitrogen and oxygen atoms in total. The van der Waals surface area contributed by atoms with E-state index >= 15 is 0 Å². The predicted molar refractivity (Wildman–Crippen MR) is 73.2 cm³/mol. The summed E-state index contributed by atoms with van der Waals surface area (Å²) in [6.07, 6.45) is -3.33. The third-order valence-corrected chi connectivity index (χ3v) is 4.32. The largest absolute Gasteiger partial charge is 0.418 e. The van der Waals surface area contributed by atoms with Crippen LogP contribution in [0.5, 0.6) is 0 Å². The van der Waals surface area contributed by atoms with Crippen LogP contribution < -0.4 is 0 Å². The average Bonchev–Trinajstić information content (AvgIpc) is 2.46. The molecule has 128 valence electrons. The molecule has 0 aromatic carbocycles. The van der Waals surface area contributed by atoms with Crippen LogP contribution in [0.1, 0.15) is 19.8 Å². The molecule has 2 unspecified atom stereocenters. The first-order valence-corrected chi connectivity index (χ1v) is 7.59. The summed E-state index contributed by atoms with van der Waals surface area (Å²) in [6.45, 7) is 3.10. The first kappa shape index (κ1) is 17.5. The van der Waals surface area contributed by atoms with E-state index in [0.717, 1.165) is 6.92 Å². The lowest BCUT2D eigenvalue weighted by Crippen LogP contribution is -2.55. The standard InChI is InChI=1S/C14H23F3N2O3/c1-13(21,14(15,16)17)10-18-4-2-3-11(9-18)12(20)19-5-7-22-8-6-19/h11,21H,2-10H2,1H3. The topological polar surface area (TPSA) is 53.0 Å². The number of morpholine rings is 1. The van der Waals surface area contributed by atoms with Crippen molar-refractivity contribution in [3.63, 3.8) is 0 Å². The van der Waals surface area contributed by atoms with E-state index in [2.05, 4.69) is 0 Å². The van der Waals surface area contributed by atoms with Gasteiger partial charge in [-0.1, -0.05) is 0 Å². The van der Waals surface area contributed by atoms with E-state index in [1.165, 1.54) is 0 Å². The van der Waals surface area contributed by atoms with Crippen LogP contribution in [0.2, 0.25) is 0 Å². The van der Waals surface area contributed by atoms with Crippen molar-refractivity contribution in [2.45, 2.75) is 31.5 Å². The third-order valence-electron chi connectivity index (χ3n) is 4.32. The van der Waals surface area contributed by atoms with E-state index in [0.29, 0.717) is 45.7 Å². The number of alkyl halides is 3. The van der Waals surface area contributed by atoms with Crippen LogP contribution >= 0.6 is 0 Å². The normalized spacial score (nSPS) is 27.5. The number of β-amino-alcohol motifs (C(OH)–C–C–N with tert-alkyl or cyclic N) is 1. The van der Waals surface area contributed by atoms with Gasteiger partial charge in [0.1, 0.15) is 0 Å². The zero-order valence-electron chi connectivity index (χ0n) is 12.7. The Morgan fingerprint density at radius 1 is 1.27 bits per heavy atom. The van der Waals surface area contributed by atoms with Gasteiger partial charge in [-0.3, -0.25) is 9.69 Å². The van der Waals surface area contributed by atoms with Gasteiger partial charge in [0, 0.05) is 26.2 Å². The van der Waals surface area contributed by atoms with E-state index in [1.807, 2.05) is 0 Å². The minimum atomic E-state index is -4.67. The van der Waals surface area contributed by atoms with Gasteiger partial charge in [0.2, 0.25) is 5.91 Å². The Morgan fingerprint density at radius 3 is 2.50 bits per heavy atom. The van der Waals surface area contributed by atoms with Gasteiger partial charge in [-0.15, -0.1) is 0 Å². The Labute approximate surface area is 128 Å². The van der Waals surface area contributed by atoms with Gasteiger partial charge >= 0.3 is 6.18 Å². The first-order chi connectivity index (χ1) is 10.2. The molecule has 2 aliphatic heterocycles. The zero-order chi connectivity index (χ0) is 16.4. The molecule has 2 heterocycles. The second kappa shape index (κ2) is 6.72. The lowest BCUT2D eigenvalue weighted by atomic mass is 9.94. The Hall–Kier alpha value is -0.860. The maximum absolute atomic E-state index is 12.8. The van der Waals surface area contributed by atoms with Gasteiger partial charge in [-0.25, -0.2) is 0 Å². The maximum Gasteiger partial charge on any atom is 0.418 e. The van der Waals surface area contributed by atoms with Crippen LogP contribution in [0.4, 0.5) is 13.2 Å². The van der Waals surface area contributed by atoms with E-state index in [-0.39, 0.29) is 18.4 Å². The number of piperidine rings is 1. The summed E-state index contributed by atoms with van der Waals surface area (Å²) in [5.41, 5.74) is -2.75. The molecule has 22 heavy (non-hydrogen) atoms. The van der Waals surface area contributed by atoms with Crippen molar-refractivity contribution in [1.29, 1.82) is 0 Å². The quantitative estimate of drug-likeness (QED) is 0.837. The molecule has 0 aromatic heterocycles. The summed E-state index contributed by atoms with van der Waals surface area (Å²) in [7, 11) is 0. The summed E-state index contributed by atoms with van der Waals surface area (Å²) >= 11 is 0. The van der Waals surface area contributed by atoms with Gasteiger partial charge in [0.25, 0.3) is 0 Å². The molecular formula is C14H23F3N2O3. The van der Waals surface area contributed by atoms with Crippen molar-refractivity contribution in [3.05, 3.63) is 0 Å². The molecule has 0 saturated carbocycles. The Kier molecular flexibility index (Phi) is 5.34. The minimum Gasteiger partial charge on any atom is -0.380 e. The fourth-order valence-electron chi connectivity index (χ4n) is 2.97. The lowest BCUT2D eigenvalue weighted by Gasteiger charge is -2.39. The molecule has 2 rings (SSSR count). The summed E-state index contributed by atoms with van der Waals surface area (Å²) in [6, 6.07) is 0. The van der Waals surface area contributed by atoms with E-state index in [4.69, 9.17) is 4.74 Å². The lowest BCUT2D eigenvalue weighted by molar-refractivity contribution is -0.258. The SMILES string of the molecule is CC(O)(CN1CCCC(C(=O)N2CCOCC2)C1)C(F)(F)F. The molecule has 1 amide bonds. The van der Waals surface area contributed by atoms with Crippen LogP contribution in [0.25, 0.3) is 0 Å². The molecule has 8 heteroatoms. The first-order valence-electron chi connectivity index (χ1n) is 7.59. The molecule has 0 spiro atoms. The summed E-state index contributed by atoms with van der Waals surface area (Å²) in [5, 5.41) is 9.60. The van der Waals surface area contributed by atoms with Crippen molar-refractivity contribution < 1.29 is 27.8 Å². The summed E-state index contributed by atoms with van der Waals surface area (Å²) in [4.78, 5) is 15.7. The average molecular weight is 324 g/mol. The fourth-order valence-corrected chi connectivity index (χ4v) is 2.97. The predicted octanol–water partition coefficient (Wildman–Crippen LogP) is 0.870. The molecule has 0 bridgehead atoms. The Morgan fingerprint density at radius 2 is 1.91 bits per heavy atom. The second-order valence-electron chi connectivity index (χ2n) is 6.28. The van der Waals surface area contributed by atoms with Crippen LogP contribution in [-0.4, -0.2) is 78.5 Å². The summed E-state index contributed by atoms with van der Waals surface area (Å²) in [5.74, 6) is -0.310. The number of hydrogen-bond acceptors (Lipinski definition) is 4.